The first-order chi connectivity index (χ1) is 12.8. The van der Waals surface area contributed by atoms with E-state index in [0.29, 0.717) is 6.42 Å². The van der Waals surface area contributed by atoms with E-state index in [4.69, 9.17) is 0 Å². The van der Waals surface area contributed by atoms with Crippen molar-refractivity contribution in [3.05, 3.63) is 66.7 Å². The normalized spacial score (nSPS) is 12.3. The smallest absolute Gasteiger partial charge is 0.237 e. The molecule has 130 valence electrons. The summed E-state index contributed by atoms with van der Waals surface area (Å²) in [7, 11) is 0. The van der Waals surface area contributed by atoms with Crippen molar-refractivity contribution in [3.8, 4) is 0 Å². The van der Waals surface area contributed by atoms with Crippen LogP contribution >= 0.6 is 11.8 Å². The number of thioether (sulfide) groups is 1. The number of benzene rings is 2. The Morgan fingerprint density at radius 3 is 2.62 bits per heavy atom. The first-order valence-corrected chi connectivity index (χ1v) is 9.39. The Morgan fingerprint density at radius 1 is 1.04 bits per heavy atom. The molecule has 0 aliphatic carbocycles. The summed E-state index contributed by atoms with van der Waals surface area (Å²) in [5.74, 6) is -0.0271. The molecule has 0 aliphatic heterocycles. The Morgan fingerprint density at radius 2 is 1.81 bits per heavy atom. The number of aromatic nitrogens is 3. The van der Waals surface area contributed by atoms with Gasteiger partial charge in [0.15, 0.2) is 10.8 Å². The number of rotatable bonds is 5. The molecule has 1 atom stereocenters. The Hall–Kier alpha value is -2.86. The molecule has 1 N–H and O–H groups in total. The summed E-state index contributed by atoms with van der Waals surface area (Å²) in [6.45, 7) is 2.00. The number of carbonyl (C=O) groups is 1. The number of pyridine rings is 1. The van der Waals surface area contributed by atoms with Gasteiger partial charge in [-0.1, -0.05) is 55.1 Å². The number of nitrogens with zero attached hydrogens (tertiary/aromatic N) is 3. The van der Waals surface area contributed by atoms with Crippen molar-refractivity contribution in [2.24, 2.45) is 0 Å². The molecule has 26 heavy (non-hydrogen) atoms. The van der Waals surface area contributed by atoms with Crippen molar-refractivity contribution in [3.63, 3.8) is 0 Å². The number of fused-ring (bicyclic) bond motifs is 3. The van der Waals surface area contributed by atoms with E-state index in [-0.39, 0.29) is 11.2 Å². The van der Waals surface area contributed by atoms with Gasteiger partial charge in [-0.2, -0.15) is 0 Å². The maximum Gasteiger partial charge on any atom is 0.237 e. The van der Waals surface area contributed by atoms with Crippen LogP contribution in [0.2, 0.25) is 0 Å². The van der Waals surface area contributed by atoms with Gasteiger partial charge in [-0.05, 0) is 42.1 Å². The third kappa shape index (κ3) is 3.15. The first-order valence-electron chi connectivity index (χ1n) is 8.51. The Kier molecular flexibility index (Phi) is 4.58. The Bertz CT molecular complexity index is 1060. The van der Waals surface area contributed by atoms with Gasteiger partial charge in [0.1, 0.15) is 0 Å². The number of hydrogen-bond acceptors (Lipinski definition) is 4. The number of hydrogen-bond donors (Lipinski definition) is 1. The lowest BCUT2D eigenvalue weighted by atomic mass is 10.2. The Balaban J connectivity index is 1.65. The standard InChI is InChI=1S/C20H18N4OS/c1-2-17(19(25)21-15-9-4-3-5-10-15)26-20-23-22-18-13-12-14-8-6-7-11-16(14)24(18)20/h3-13,17H,2H2,1H3,(H,21,25). The average molecular weight is 362 g/mol. The summed E-state index contributed by atoms with van der Waals surface area (Å²) in [4.78, 5) is 12.7. The van der Waals surface area contributed by atoms with Crippen molar-refractivity contribution in [1.82, 2.24) is 14.6 Å². The summed E-state index contributed by atoms with van der Waals surface area (Å²) in [5.41, 5.74) is 2.62. The van der Waals surface area contributed by atoms with Crippen LogP contribution < -0.4 is 5.32 Å². The highest BCUT2D eigenvalue weighted by Crippen LogP contribution is 2.28. The predicted molar refractivity (Wildman–Crippen MR) is 106 cm³/mol. The van der Waals surface area contributed by atoms with Gasteiger partial charge in [0.25, 0.3) is 0 Å². The third-order valence-electron chi connectivity index (χ3n) is 4.20. The van der Waals surface area contributed by atoms with Gasteiger partial charge in [0.05, 0.1) is 10.8 Å². The SMILES string of the molecule is CCC(Sc1nnc2ccc3ccccc3n12)C(=O)Nc1ccccc1. The maximum atomic E-state index is 12.7. The molecule has 0 radical (unpaired) electrons. The predicted octanol–water partition coefficient (Wildman–Crippen LogP) is 4.39. The van der Waals surface area contributed by atoms with E-state index in [1.807, 2.05) is 72.0 Å². The van der Waals surface area contributed by atoms with Gasteiger partial charge in [-0.15, -0.1) is 10.2 Å². The van der Waals surface area contributed by atoms with Crippen LogP contribution in [0.1, 0.15) is 13.3 Å². The Labute approximate surface area is 155 Å². The average Bonchev–Trinajstić information content (AvgIpc) is 3.10. The summed E-state index contributed by atoms with van der Waals surface area (Å²) in [6.07, 6.45) is 0.697. The molecule has 0 aliphatic rings. The molecule has 2 aromatic heterocycles. The van der Waals surface area contributed by atoms with Crippen LogP contribution in [0.4, 0.5) is 5.69 Å². The fourth-order valence-corrected chi connectivity index (χ4v) is 3.85. The molecular formula is C20H18N4OS. The molecule has 0 saturated heterocycles. The van der Waals surface area contributed by atoms with Gasteiger partial charge < -0.3 is 5.32 Å². The van der Waals surface area contributed by atoms with E-state index in [1.54, 1.807) is 0 Å². The molecular weight excluding hydrogens is 344 g/mol. The number of anilines is 1. The number of para-hydroxylation sites is 2. The minimum atomic E-state index is -0.249. The first kappa shape index (κ1) is 16.6. The topological polar surface area (TPSA) is 59.3 Å². The zero-order chi connectivity index (χ0) is 17.9. The van der Waals surface area contributed by atoms with E-state index < -0.39 is 0 Å². The highest BCUT2D eigenvalue weighted by Gasteiger charge is 2.21. The van der Waals surface area contributed by atoms with E-state index in [0.717, 1.165) is 27.4 Å². The van der Waals surface area contributed by atoms with Crippen LogP contribution in [0.5, 0.6) is 0 Å². The van der Waals surface area contributed by atoms with Gasteiger partial charge in [0.2, 0.25) is 5.91 Å². The molecule has 0 saturated carbocycles. The monoisotopic (exact) mass is 362 g/mol. The highest BCUT2D eigenvalue weighted by molar-refractivity contribution is 8.00. The van der Waals surface area contributed by atoms with E-state index >= 15 is 0 Å². The number of nitrogens with one attached hydrogen (secondary N) is 1. The molecule has 5 nitrogen and oxygen atoms in total. The van der Waals surface area contributed by atoms with Gasteiger partial charge >= 0.3 is 0 Å². The lowest BCUT2D eigenvalue weighted by Gasteiger charge is -2.14. The van der Waals surface area contributed by atoms with Crippen LogP contribution in [0, 0.1) is 0 Å². The van der Waals surface area contributed by atoms with E-state index in [1.165, 1.54) is 11.8 Å². The summed E-state index contributed by atoms with van der Waals surface area (Å²) in [5, 5.41) is 13.1. The van der Waals surface area contributed by atoms with Crippen LogP contribution in [-0.4, -0.2) is 25.8 Å². The molecule has 0 fully saturated rings. The van der Waals surface area contributed by atoms with E-state index in [2.05, 4.69) is 21.6 Å². The molecule has 2 aromatic carbocycles. The molecule has 6 heteroatoms. The maximum absolute atomic E-state index is 12.7. The fraction of sp³-hybridized carbons (Fsp3) is 0.150. The minimum Gasteiger partial charge on any atom is -0.325 e. The number of carbonyl (C=O) groups excluding carboxylic acids is 1. The van der Waals surface area contributed by atoms with Crippen molar-refractivity contribution >= 4 is 39.9 Å². The van der Waals surface area contributed by atoms with Crippen LogP contribution in [0.15, 0.2) is 71.9 Å². The van der Waals surface area contributed by atoms with Crippen LogP contribution in [-0.2, 0) is 4.79 Å². The quantitative estimate of drug-likeness (QED) is 0.535. The van der Waals surface area contributed by atoms with E-state index in [9.17, 15) is 4.79 Å². The van der Waals surface area contributed by atoms with Crippen molar-refractivity contribution in [1.29, 1.82) is 0 Å². The lowest BCUT2D eigenvalue weighted by Crippen LogP contribution is -2.24. The molecule has 2 heterocycles. The number of amides is 1. The van der Waals surface area contributed by atoms with Crippen LogP contribution in [0.3, 0.4) is 0 Å². The van der Waals surface area contributed by atoms with Crippen molar-refractivity contribution in [2.75, 3.05) is 5.32 Å². The third-order valence-corrected chi connectivity index (χ3v) is 5.51. The minimum absolute atomic E-state index is 0.0271. The molecule has 4 rings (SSSR count). The van der Waals surface area contributed by atoms with Gasteiger partial charge in [-0.3, -0.25) is 9.20 Å². The zero-order valence-corrected chi connectivity index (χ0v) is 15.1. The molecule has 1 amide bonds. The van der Waals surface area contributed by atoms with Crippen LogP contribution in [0.25, 0.3) is 16.6 Å². The summed E-state index contributed by atoms with van der Waals surface area (Å²) in [6, 6.07) is 21.6. The molecule has 1 unspecified atom stereocenters. The summed E-state index contributed by atoms with van der Waals surface area (Å²) < 4.78 is 2.01. The zero-order valence-electron chi connectivity index (χ0n) is 14.3. The largest absolute Gasteiger partial charge is 0.325 e. The van der Waals surface area contributed by atoms with Gasteiger partial charge in [0, 0.05) is 5.69 Å². The summed E-state index contributed by atoms with van der Waals surface area (Å²) >= 11 is 1.44. The second kappa shape index (κ2) is 7.17. The second-order valence-electron chi connectivity index (χ2n) is 5.94. The van der Waals surface area contributed by atoms with Crippen molar-refractivity contribution in [2.45, 2.75) is 23.8 Å². The molecule has 4 aromatic rings. The molecule has 0 bridgehead atoms. The second-order valence-corrected chi connectivity index (χ2v) is 7.11. The van der Waals surface area contributed by atoms with Gasteiger partial charge in [-0.25, -0.2) is 0 Å². The molecule has 0 spiro atoms. The fourth-order valence-electron chi connectivity index (χ4n) is 2.88. The lowest BCUT2D eigenvalue weighted by molar-refractivity contribution is -0.115. The van der Waals surface area contributed by atoms with Crippen molar-refractivity contribution < 1.29 is 4.79 Å². The highest BCUT2D eigenvalue weighted by atomic mass is 32.2.